The molecule has 0 aliphatic carbocycles. The lowest BCUT2D eigenvalue weighted by Crippen LogP contribution is -2.32. The molecule has 0 atom stereocenters. The normalized spacial score (nSPS) is 14.0. The van der Waals surface area contributed by atoms with Crippen LogP contribution in [0.15, 0.2) is 73.1 Å². The van der Waals surface area contributed by atoms with Crippen LogP contribution in [0.4, 0.5) is 23.7 Å². The molecule has 2 aromatic carbocycles. The zero-order valence-corrected chi connectivity index (χ0v) is 17.2. The van der Waals surface area contributed by atoms with E-state index in [1.54, 1.807) is 12.3 Å². The van der Waals surface area contributed by atoms with Gasteiger partial charge in [-0.25, -0.2) is 9.69 Å². The van der Waals surface area contributed by atoms with E-state index in [4.69, 9.17) is 4.74 Å². The van der Waals surface area contributed by atoms with E-state index in [1.165, 1.54) is 23.2 Å². The fourth-order valence-electron chi connectivity index (χ4n) is 3.33. The minimum Gasteiger partial charge on any atom is -0.487 e. The number of hydrogen-bond acceptors (Lipinski definition) is 5. The van der Waals surface area contributed by atoms with Gasteiger partial charge in [0.1, 0.15) is 24.7 Å². The second-order valence-corrected chi connectivity index (χ2v) is 7.17. The van der Waals surface area contributed by atoms with Crippen LogP contribution in [0.25, 0.3) is 0 Å². The molecule has 0 unspecified atom stereocenters. The number of amides is 3. The summed E-state index contributed by atoms with van der Waals surface area (Å²) >= 11 is 0. The summed E-state index contributed by atoms with van der Waals surface area (Å²) < 4.78 is 46.7. The van der Waals surface area contributed by atoms with Crippen molar-refractivity contribution >= 4 is 17.6 Å². The summed E-state index contributed by atoms with van der Waals surface area (Å²) in [5.41, 5.74) is 1.78. The van der Waals surface area contributed by atoms with Crippen molar-refractivity contribution in [2.45, 2.75) is 19.5 Å². The van der Waals surface area contributed by atoms with Crippen molar-refractivity contribution in [1.82, 2.24) is 9.88 Å². The number of hydrogen-bond donors (Lipinski definition) is 0. The summed E-state index contributed by atoms with van der Waals surface area (Å²) in [6, 6.07) is 15.2. The zero-order chi connectivity index (χ0) is 23.4. The standard InChI is InChI=1S/C23H18F3N3O4/c24-23(25,26)33-19-8-6-18(7-9-19)29-21(30)14-28(22(29)31)13-17-10-11-27-12-20(17)32-15-16-4-2-1-3-5-16/h1-12H,13-15H2. The van der Waals surface area contributed by atoms with Gasteiger partial charge in [0.2, 0.25) is 0 Å². The predicted molar refractivity (Wildman–Crippen MR) is 111 cm³/mol. The Morgan fingerprint density at radius 2 is 1.70 bits per heavy atom. The van der Waals surface area contributed by atoms with Crippen molar-refractivity contribution < 1.29 is 32.2 Å². The van der Waals surface area contributed by atoms with Gasteiger partial charge < -0.3 is 14.4 Å². The average molecular weight is 457 g/mol. The molecule has 0 N–H and O–H groups in total. The van der Waals surface area contributed by atoms with Gasteiger partial charge >= 0.3 is 12.4 Å². The molecular weight excluding hydrogens is 439 g/mol. The summed E-state index contributed by atoms with van der Waals surface area (Å²) in [6.45, 7) is 0.230. The maximum absolute atomic E-state index is 12.9. The van der Waals surface area contributed by atoms with Crippen LogP contribution in [0, 0.1) is 0 Å². The first kappa shape index (κ1) is 22.1. The lowest BCUT2D eigenvalue weighted by Gasteiger charge is -2.19. The Labute approximate surface area is 187 Å². The lowest BCUT2D eigenvalue weighted by atomic mass is 10.2. The van der Waals surface area contributed by atoms with Crippen LogP contribution in [0.3, 0.4) is 0 Å². The maximum atomic E-state index is 12.9. The van der Waals surface area contributed by atoms with Crippen LogP contribution in [0.1, 0.15) is 11.1 Å². The first-order valence-electron chi connectivity index (χ1n) is 9.87. The summed E-state index contributed by atoms with van der Waals surface area (Å²) in [7, 11) is 0. The van der Waals surface area contributed by atoms with Crippen LogP contribution in [0.2, 0.25) is 0 Å². The second kappa shape index (κ2) is 9.19. The number of ether oxygens (including phenoxy) is 2. The van der Waals surface area contributed by atoms with Gasteiger partial charge in [0.25, 0.3) is 5.91 Å². The molecule has 10 heteroatoms. The second-order valence-electron chi connectivity index (χ2n) is 7.17. The third kappa shape index (κ3) is 5.40. The largest absolute Gasteiger partial charge is 0.573 e. The van der Waals surface area contributed by atoms with E-state index >= 15 is 0 Å². The number of halogens is 3. The number of alkyl halides is 3. The molecule has 0 saturated carbocycles. The summed E-state index contributed by atoms with van der Waals surface area (Å²) in [4.78, 5) is 31.7. The Morgan fingerprint density at radius 3 is 2.39 bits per heavy atom. The topological polar surface area (TPSA) is 72.0 Å². The van der Waals surface area contributed by atoms with Crippen LogP contribution in [-0.2, 0) is 17.9 Å². The number of carbonyl (C=O) groups is 2. The Hall–Kier alpha value is -4.08. The highest BCUT2D eigenvalue weighted by atomic mass is 19.4. The number of nitrogens with zero attached hydrogens (tertiary/aromatic N) is 3. The molecule has 2 heterocycles. The highest BCUT2D eigenvalue weighted by molar-refractivity contribution is 6.19. The van der Waals surface area contributed by atoms with Crippen LogP contribution in [0.5, 0.6) is 11.5 Å². The maximum Gasteiger partial charge on any atom is 0.573 e. The lowest BCUT2D eigenvalue weighted by molar-refractivity contribution is -0.274. The highest BCUT2D eigenvalue weighted by Gasteiger charge is 2.37. The van der Waals surface area contributed by atoms with E-state index in [1.807, 2.05) is 30.3 Å². The number of benzene rings is 2. The molecule has 1 fully saturated rings. The van der Waals surface area contributed by atoms with Gasteiger partial charge in [-0.3, -0.25) is 9.78 Å². The van der Waals surface area contributed by atoms with Gasteiger partial charge in [0, 0.05) is 11.8 Å². The Bertz CT molecular complexity index is 1140. The predicted octanol–water partition coefficient (Wildman–Crippen LogP) is 4.53. The Morgan fingerprint density at radius 1 is 0.970 bits per heavy atom. The molecule has 0 bridgehead atoms. The molecule has 4 rings (SSSR count). The molecule has 0 radical (unpaired) electrons. The molecule has 7 nitrogen and oxygen atoms in total. The highest BCUT2D eigenvalue weighted by Crippen LogP contribution is 2.29. The molecule has 1 aliphatic rings. The smallest absolute Gasteiger partial charge is 0.487 e. The molecular formula is C23H18F3N3O4. The van der Waals surface area contributed by atoms with Gasteiger partial charge in [-0.2, -0.15) is 0 Å². The fourth-order valence-corrected chi connectivity index (χ4v) is 3.33. The summed E-state index contributed by atoms with van der Waals surface area (Å²) in [5, 5.41) is 0. The molecule has 170 valence electrons. The third-order valence-corrected chi connectivity index (χ3v) is 4.83. The van der Waals surface area contributed by atoms with Gasteiger partial charge in [-0.05, 0) is 35.9 Å². The van der Waals surface area contributed by atoms with Gasteiger partial charge in [0.15, 0.2) is 0 Å². The number of pyridine rings is 1. The number of imide groups is 1. The molecule has 3 amide bonds. The van der Waals surface area contributed by atoms with Gasteiger partial charge in [-0.1, -0.05) is 30.3 Å². The van der Waals surface area contributed by atoms with E-state index in [0.29, 0.717) is 17.9 Å². The molecule has 0 spiro atoms. The molecule has 3 aromatic rings. The SMILES string of the molecule is O=C1CN(Cc2ccncc2OCc2ccccc2)C(=O)N1c1ccc(OC(F)(F)F)cc1. The first-order valence-corrected chi connectivity index (χ1v) is 9.87. The molecule has 1 saturated heterocycles. The quantitative estimate of drug-likeness (QED) is 0.488. The molecule has 33 heavy (non-hydrogen) atoms. The van der Waals surface area contributed by atoms with Crippen molar-refractivity contribution in [3.05, 3.63) is 84.2 Å². The third-order valence-electron chi connectivity index (χ3n) is 4.83. The number of rotatable bonds is 7. The van der Waals surface area contributed by atoms with E-state index in [9.17, 15) is 22.8 Å². The minimum absolute atomic E-state index is 0.100. The van der Waals surface area contributed by atoms with Gasteiger partial charge in [-0.15, -0.1) is 13.2 Å². The number of aromatic nitrogens is 1. The van der Waals surface area contributed by atoms with Crippen LogP contribution < -0.4 is 14.4 Å². The van der Waals surface area contributed by atoms with Crippen molar-refractivity contribution in [2.75, 3.05) is 11.4 Å². The van der Waals surface area contributed by atoms with Gasteiger partial charge in [0.05, 0.1) is 18.4 Å². The number of anilines is 1. The summed E-state index contributed by atoms with van der Waals surface area (Å²) in [6.07, 6.45) is -1.73. The van der Waals surface area contributed by atoms with E-state index in [-0.39, 0.29) is 18.8 Å². The summed E-state index contributed by atoms with van der Waals surface area (Å²) in [5.74, 6) is -0.460. The zero-order valence-electron chi connectivity index (χ0n) is 17.2. The molecule has 1 aliphatic heterocycles. The first-order chi connectivity index (χ1) is 15.8. The van der Waals surface area contributed by atoms with Crippen LogP contribution >= 0.6 is 0 Å². The fraction of sp³-hybridized carbons (Fsp3) is 0.174. The average Bonchev–Trinajstić information content (AvgIpc) is 3.06. The number of carbonyl (C=O) groups excluding carboxylic acids is 2. The monoisotopic (exact) mass is 457 g/mol. The van der Waals surface area contributed by atoms with Crippen molar-refractivity contribution in [2.24, 2.45) is 0 Å². The van der Waals surface area contributed by atoms with E-state index < -0.39 is 24.1 Å². The number of urea groups is 1. The minimum atomic E-state index is -4.83. The Balaban J connectivity index is 1.45. The van der Waals surface area contributed by atoms with Crippen molar-refractivity contribution in [3.8, 4) is 11.5 Å². The molecule has 1 aromatic heterocycles. The Kier molecular flexibility index (Phi) is 6.16. The van der Waals surface area contributed by atoms with Crippen LogP contribution in [-0.4, -0.2) is 34.7 Å². The van der Waals surface area contributed by atoms with E-state index in [0.717, 1.165) is 22.6 Å². The van der Waals surface area contributed by atoms with Crippen molar-refractivity contribution in [1.29, 1.82) is 0 Å². The van der Waals surface area contributed by atoms with Crippen molar-refractivity contribution in [3.63, 3.8) is 0 Å². The van der Waals surface area contributed by atoms with E-state index in [2.05, 4.69) is 9.72 Å².